The summed E-state index contributed by atoms with van der Waals surface area (Å²) in [6.45, 7) is 0. The van der Waals surface area contributed by atoms with Gasteiger partial charge >= 0.3 is 0 Å². The average molecular weight is 316 g/mol. The molecule has 0 amide bonds. The van der Waals surface area contributed by atoms with Crippen LogP contribution in [0.25, 0.3) is 0 Å². The standard InChI is InChI=1S/C17H16O6/c1-21-15-12(19)8-11(18)14-13(20)9-17(22-2,23-16(14)15)10-6-4-3-5-7-10/h3-8,18-19H,9H2,1-2H3. The second-order valence-electron chi connectivity index (χ2n) is 5.18. The summed E-state index contributed by atoms with van der Waals surface area (Å²) in [4.78, 5) is 12.6. The summed E-state index contributed by atoms with van der Waals surface area (Å²) >= 11 is 0. The molecule has 0 aliphatic carbocycles. The Morgan fingerprint density at radius 1 is 1.13 bits per heavy atom. The van der Waals surface area contributed by atoms with Crippen LogP contribution < -0.4 is 9.47 Å². The molecule has 1 heterocycles. The number of phenolic OH excluding ortho intramolecular Hbond substituents is 2. The molecule has 0 spiro atoms. The van der Waals surface area contributed by atoms with Gasteiger partial charge in [-0.1, -0.05) is 30.3 Å². The Morgan fingerprint density at radius 2 is 1.83 bits per heavy atom. The Bertz CT molecular complexity index is 755. The molecule has 2 N–H and O–H groups in total. The van der Waals surface area contributed by atoms with Crippen LogP contribution in [0.3, 0.4) is 0 Å². The minimum atomic E-state index is -1.35. The minimum Gasteiger partial charge on any atom is -0.507 e. The lowest BCUT2D eigenvalue weighted by Crippen LogP contribution is -2.41. The molecule has 23 heavy (non-hydrogen) atoms. The van der Waals surface area contributed by atoms with Gasteiger partial charge in [0.1, 0.15) is 11.3 Å². The van der Waals surface area contributed by atoms with Crippen molar-refractivity contribution in [1.82, 2.24) is 0 Å². The van der Waals surface area contributed by atoms with Gasteiger partial charge in [-0.3, -0.25) is 4.79 Å². The van der Waals surface area contributed by atoms with Crippen LogP contribution in [0.5, 0.6) is 23.0 Å². The molecular weight excluding hydrogens is 300 g/mol. The molecule has 1 atom stereocenters. The highest BCUT2D eigenvalue weighted by atomic mass is 16.7. The van der Waals surface area contributed by atoms with E-state index in [0.717, 1.165) is 6.07 Å². The van der Waals surface area contributed by atoms with Crippen LogP contribution in [0.15, 0.2) is 36.4 Å². The Morgan fingerprint density at radius 3 is 2.43 bits per heavy atom. The molecule has 0 fully saturated rings. The van der Waals surface area contributed by atoms with Crippen molar-refractivity contribution >= 4 is 5.78 Å². The summed E-state index contributed by atoms with van der Waals surface area (Å²) in [5.41, 5.74) is 0.620. The van der Waals surface area contributed by atoms with Crippen molar-refractivity contribution < 1.29 is 29.2 Å². The molecular formula is C17H16O6. The number of hydrogen-bond donors (Lipinski definition) is 2. The number of hydrogen-bond acceptors (Lipinski definition) is 6. The lowest BCUT2D eigenvalue weighted by atomic mass is 9.92. The first-order chi connectivity index (χ1) is 11.0. The molecule has 0 aromatic heterocycles. The number of ketones is 1. The van der Waals surface area contributed by atoms with E-state index in [0.29, 0.717) is 5.56 Å². The monoisotopic (exact) mass is 316 g/mol. The highest BCUT2D eigenvalue weighted by molar-refractivity contribution is 6.04. The topological polar surface area (TPSA) is 85.2 Å². The third-order valence-corrected chi connectivity index (χ3v) is 3.88. The highest BCUT2D eigenvalue weighted by Crippen LogP contribution is 2.51. The fourth-order valence-corrected chi connectivity index (χ4v) is 2.76. The highest BCUT2D eigenvalue weighted by Gasteiger charge is 2.45. The van der Waals surface area contributed by atoms with Crippen LogP contribution in [0.1, 0.15) is 22.3 Å². The van der Waals surface area contributed by atoms with Gasteiger partial charge in [0.25, 0.3) is 0 Å². The fraction of sp³-hybridized carbons (Fsp3) is 0.235. The first-order valence-electron chi connectivity index (χ1n) is 6.98. The van der Waals surface area contributed by atoms with Crippen molar-refractivity contribution in [3.05, 3.63) is 47.5 Å². The molecule has 6 heteroatoms. The number of fused-ring (bicyclic) bond motifs is 1. The molecule has 1 unspecified atom stereocenters. The molecule has 0 saturated heterocycles. The van der Waals surface area contributed by atoms with Gasteiger partial charge < -0.3 is 24.4 Å². The van der Waals surface area contributed by atoms with Crippen molar-refractivity contribution in [2.75, 3.05) is 14.2 Å². The van der Waals surface area contributed by atoms with Crippen LogP contribution in [-0.2, 0) is 10.5 Å². The van der Waals surface area contributed by atoms with E-state index in [4.69, 9.17) is 14.2 Å². The summed E-state index contributed by atoms with van der Waals surface area (Å²) in [5.74, 6) is -2.46. The van der Waals surface area contributed by atoms with Gasteiger partial charge in [0.05, 0.1) is 13.5 Å². The fourth-order valence-electron chi connectivity index (χ4n) is 2.76. The van der Waals surface area contributed by atoms with Crippen LogP contribution >= 0.6 is 0 Å². The molecule has 2 aromatic rings. The molecule has 1 aliphatic rings. The van der Waals surface area contributed by atoms with Crippen molar-refractivity contribution in [3.8, 4) is 23.0 Å². The van der Waals surface area contributed by atoms with E-state index in [-0.39, 0.29) is 40.8 Å². The molecule has 0 saturated carbocycles. The number of ether oxygens (including phenoxy) is 3. The van der Waals surface area contributed by atoms with Crippen LogP contribution in [0.2, 0.25) is 0 Å². The third-order valence-electron chi connectivity index (χ3n) is 3.88. The second kappa shape index (κ2) is 5.48. The second-order valence-corrected chi connectivity index (χ2v) is 5.18. The summed E-state index contributed by atoms with van der Waals surface area (Å²) in [6, 6.07) is 10.0. The van der Waals surface area contributed by atoms with Crippen LogP contribution in [0.4, 0.5) is 0 Å². The zero-order chi connectivity index (χ0) is 16.6. The van der Waals surface area contributed by atoms with Crippen molar-refractivity contribution in [2.24, 2.45) is 0 Å². The number of methoxy groups -OCH3 is 2. The zero-order valence-electron chi connectivity index (χ0n) is 12.7. The van der Waals surface area contributed by atoms with Gasteiger partial charge in [-0.15, -0.1) is 0 Å². The lowest BCUT2D eigenvalue weighted by molar-refractivity contribution is -0.174. The Kier molecular flexibility index (Phi) is 3.61. The normalized spacial score (nSPS) is 19.8. The molecule has 0 bridgehead atoms. The van der Waals surface area contributed by atoms with Gasteiger partial charge in [0.15, 0.2) is 17.3 Å². The smallest absolute Gasteiger partial charge is 0.244 e. The largest absolute Gasteiger partial charge is 0.507 e. The third kappa shape index (κ3) is 2.27. The van der Waals surface area contributed by atoms with Gasteiger partial charge in [0.2, 0.25) is 11.5 Å². The maximum absolute atomic E-state index is 12.6. The minimum absolute atomic E-state index is 0.0248. The lowest BCUT2D eigenvalue weighted by Gasteiger charge is -2.37. The number of phenols is 2. The summed E-state index contributed by atoms with van der Waals surface area (Å²) in [6.07, 6.45) is -0.109. The Hall–Kier alpha value is -2.73. The summed E-state index contributed by atoms with van der Waals surface area (Å²) < 4.78 is 16.6. The maximum atomic E-state index is 12.6. The first kappa shape index (κ1) is 15.2. The van der Waals surface area contributed by atoms with Crippen LogP contribution in [-0.4, -0.2) is 30.2 Å². The molecule has 2 aromatic carbocycles. The summed E-state index contributed by atoms with van der Waals surface area (Å²) in [7, 11) is 2.77. The zero-order valence-corrected chi connectivity index (χ0v) is 12.7. The van der Waals surface area contributed by atoms with Crippen molar-refractivity contribution in [3.63, 3.8) is 0 Å². The summed E-state index contributed by atoms with van der Waals surface area (Å²) in [5, 5.41) is 19.9. The first-order valence-corrected chi connectivity index (χ1v) is 6.98. The van der Waals surface area contributed by atoms with Gasteiger partial charge in [0, 0.05) is 18.7 Å². The number of benzene rings is 2. The van der Waals surface area contributed by atoms with Crippen molar-refractivity contribution in [2.45, 2.75) is 12.2 Å². The number of aromatic hydroxyl groups is 2. The number of carbonyl (C=O) groups is 1. The van der Waals surface area contributed by atoms with E-state index in [9.17, 15) is 15.0 Å². The number of Topliss-reactive ketones (excluding diaryl/α,β-unsaturated/α-hetero) is 1. The van der Waals surface area contributed by atoms with E-state index in [1.165, 1.54) is 14.2 Å². The quantitative estimate of drug-likeness (QED) is 0.905. The van der Waals surface area contributed by atoms with Gasteiger partial charge in [-0.05, 0) is 0 Å². The van der Waals surface area contributed by atoms with Crippen LogP contribution in [0, 0.1) is 0 Å². The van der Waals surface area contributed by atoms with E-state index in [1.807, 2.05) is 6.07 Å². The predicted molar refractivity (Wildman–Crippen MR) is 81.0 cm³/mol. The molecule has 120 valence electrons. The molecule has 0 radical (unpaired) electrons. The van der Waals surface area contributed by atoms with E-state index >= 15 is 0 Å². The van der Waals surface area contributed by atoms with E-state index < -0.39 is 5.79 Å². The maximum Gasteiger partial charge on any atom is 0.244 e. The molecule has 3 rings (SSSR count). The Balaban J connectivity index is 2.21. The number of carbonyl (C=O) groups excluding carboxylic acids is 1. The predicted octanol–water partition coefficient (Wildman–Crippen LogP) is 2.57. The molecule has 1 aliphatic heterocycles. The van der Waals surface area contributed by atoms with Gasteiger partial charge in [-0.25, -0.2) is 0 Å². The van der Waals surface area contributed by atoms with E-state index in [1.54, 1.807) is 24.3 Å². The van der Waals surface area contributed by atoms with Crippen molar-refractivity contribution in [1.29, 1.82) is 0 Å². The van der Waals surface area contributed by atoms with Gasteiger partial charge in [-0.2, -0.15) is 0 Å². The molecule has 6 nitrogen and oxygen atoms in total. The van der Waals surface area contributed by atoms with E-state index in [2.05, 4.69) is 0 Å². The number of rotatable bonds is 3. The Labute approximate surface area is 132 Å². The average Bonchev–Trinajstić information content (AvgIpc) is 2.55. The SMILES string of the molecule is COc1c(O)cc(O)c2c1OC(OC)(c1ccccc1)CC2=O.